The average Bonchev–Trinajstić information content (AvgIpc) is 2.05. The third kappa shape index (κ3) is 4.98. The second-order valence-corrected chi connectivity index (χ2v) is 6.79. The molecule has 0 atom stereocenters. The summed E-state index contributed by atoms with van der Waals surface area (Å²) in [5.41, 5.74) is 0. The van der Waals surface area contributed by atoms with E-state index >= 15 is 0 Å². The van der Waals surface area contributed by atoms with E-state index in [-0.39, 0.29) is 21.5 Å². The Labute approximate surface area is 81.1 Å². The zero-order chi connectivity index (χ0) is 8.74. The van der Waals surface area contributed by atoms with Crippen LogP contribution in [0.5, 0.6) is 0 Å². The van der Waals surface area contributed by atoms with Crippen LogP contribution < -0.4 is 21.5 Å². The molecule has 0 spiro atoms. The van der Waals surface area contributed by atoms with Crippen LogP contribution in [0, 0.1) is 0 Å². The summed E-state index contributed by atoms with van der Waals surface area (Å²) in [5.74, 6) is 0. The first-order chi connectivity index (χ1) is 5.18. The molecule has 0 rings (SSSR count). The van der Waals surface area contributed by atoms with Crippen molar-refractivity contribution in [2.24, 2.45) is 0 Å². The van der Waals surface area contributed by atoms with Crippen LogP contribution in [0.4, 0.5) is 0 Å². The van der Waals surface area contributed by atoms with Crippen LogP contribution in [-0.4, -0.2) is 41.0 Å². The third-order valence-corrected chi connectivity index (χ3v) is 5.91. The monoisotopic (exact) mass is 273 g/mol. The quantitative estimate of drug-likeness (QED) is 0.238. The number of ether oxygens (including phenoxy) is 1. The standard InChI is InChI=1S/C8H20INO/c1-5-10(3,6-2)9-7-8-11-4/h5-8H2,1-4H3. The molecule has 0 aliphatic carbocycles. The zero-order valence-electron chi connectivity index (χ0n) is 8.06. The number of hydrogen-bond acceptors (Lipinski definition) is 1. The fourth-order valence-electron chi connectivity index (χ4n) is 0.708. The van der Waals surface area contributed by atoms with Gasteiger partial charge in [-0.1, -0.05) is 0 Å². The van der Waals surface area contributed by atoms with Gasteiger partial charge in [-0.25, -0.2) is 0 Å². The number of alkyl halides is 1. The van der Waals surface area contributed by atoms with Gasteiger partial charge in [-0.3, -0.25) is 0 Å². The van der Waals surface area contributed by atoms with Gasteiger partial charge >= 0.3 is 81.0 Å². The summed E-state index contributed by atoms with van der Waals surface area (Å²) in [6, 6.07) is 0. The van der Waals surface area contributed by atoms with E-state index in [1.165, 1.54) is 20.2 Å². The molecule has 0 heterocycles. The van der Waals surface area contributed by atoms with E-state index in [2.05, 4.69) is 20.9 Å². The second kappa shape index (κ2) is 6.20. The van der Waals surface area contributed by atoms with Crippen LogP contribution in [0.15, 0.2) is 0 Å². The summed E-state index contributed by atoms with van der Waals surface area (Å²) in [5, 5.41) is 0. The van der Waals surface area contributed by atoms with Crippen LogP contribution in [0.25, 0.3) is 0 Å². The summed E-state index contributed by atoms with van der Waals surface area (Å²) < 4.78 is 7.61. The van der Waals surface area contributed by atoms with E-state index in [1.54, 1.807) is 7.11 Å². The first-order valence-electron chi connectivity index (χ1n) is 4.13. The second-order valence-electron chi connectivity index (χ2n) is 2.70. The fourth-order valence-corrected chi connectivity index (χ4v) is 3.48. The molecule has 3 heteroatoms. The molecular formula is C8H20INO. The van der Waals surface area contributed by atoms with Gasteiger partial charge in [0.2, 0.25) is 0 Å². The van der Waals surface area contributed by atoms with Crippen molar-refractivity contribution in [3.8, 4) is 0 Å². The van der Waals surface area contributed by atoms with E-state index in [0.717, 1.165) is 6.61 Å². The van der Waals surface area contributed by atoms with Gasteiger partial charge in [0.25, 0.3) is 0 Å². The molecular weight excluding hydrogens is 253 g/mol. The molecule has 0 saturated heterocycles. The molecule has 0 unspecified atom stereocenters. The molecule has 0 bridgehead atoms. The van der Waals surface area contributed by atoms with E-state index in [1.807, 2.05) is 0 Å². The van der Waals surface area contributed by atoms with Gasteiger partial charge in [0.05, 0.1) is 0 Å². The van der Waals surface area contributed by atoms with E-state index < -0.39 is 0 Å². The van der Waals surface area contributed by atoms with Crippen molar-refractivity contribution in [3.05, 3.63) is 0 Å². The predicted molar refractivity (Wildman–Crippen MR) is 44.0 cm³/mol. The molecule has 0 aliphatic heterocycles. The summed E-state index contributed by atoms with van der Waals surface area (Å²) in [7, 11) is 4.13. The van der Waals surface area contributed by atoms with Crippen molar-refractivity contribution in [2.75, 3.05) is 38.3 Å². The Kier molecular flexibility index (Phi) is 6.56. The van der Waals surface area contributed by atoms with Gasteiger partial charge in [0, 0.05) is 0 Å². The number of nitrogens with zero attached hydrogens (tertiary/aromatic N) is 1. The molecule has 70 valence electrons. The Morgan fingerprint density at radius 2 is 1.82 bits per heavy atom. The van der Waals surface area contributed by atoms with Gasteiger partial charge in [-0.15, -0.1) is 0 Å². The Morgan fingerprint density at radius 1 is 1.27 bits per heavy atom. The molecule has 0 N–H and O–H groups in total. The summed E-state index contributed by atoms with van der Waals surface area (Å²) in [6.07, 6.45) is 0. The Morgan fingerprint density at radius 3 is 2.18 bits per heavy atom. The van der Waals surface area contributed by atoms with Crippen molar-refractivity contribution in [1.82, 2.24) is 0 Å². The van der Waals surface area contributed by atoms with Crippen molar-refractivity contribution in [3.63, 3.8) is 0 Å². The van der Waals surface area contributed by atoms with Crippen LogP contribution in [-0.2, 0) is 4.74 Å². The Hall–Kier alpha value is 0.650. The van der Waals surface area contributed by atoms with Gasteiger partial charge in [0.1, 0.15) is 0 Å². The van der Waals surface area contributed by atoms with Crippen molar-refractivity contribution in [1.29, 1.82) is 0 Å². The number of hydrogen-bond donors (Lipinski definition) is 0. The summed E-state index contributed by atoms with van der Waals surface area (Å²) >= 11 is 0.281. The van der Waals surface area contributed by atoms with Crippen LogP contribution in [0.3, 0.4) is 0 Å². The number of rotatable bonds is 6. The van der Waals surface area contributed by atoms with E-state index in [9.17, 15) is 0 Å². The SMILES string of the molecule is CC[N+](C)(CC)[I-]CCOC. The Balaban J connectivity index is 3.51. The number of halogens is 1. The molecule has 0 aliphatic rings. The topological polar surface area (TPSA) is 9.23 Å². The molecule has 0 saturated carbocycles. The molecule has 0 aromatic heterocycles. The molecule has 0 aromatic carbocycles. The van der Waals surface area contributed by atoms with Crippen LogP contribution in [0.1, 0.15) is 13.8 Å². The Bertz CT molecular complexity index is 94.1. The normalized spacial score (nSPS) is 12.4. The molecule has 2 nitrogen and oxygen atoms in total. The van der Waals surface area contributed by atoms with E-state index in [0.29, 0.717) is 0 Å². The molecule has 0 radical (unpaired) electrons. The minimum atomic E-state index is 0.281. The minimum absolute atomic E-state index is 0.281. The predicted octanol–water partition coefficient (Wildman–Crippen LogP) is -1.88. The number of quaternary nitrogens is 1. The van der Waals surface area contributed by atoms with Crippen molar-refractivity contribution in [2.45, 2.75) is 13.8 Å². The van der Waals surface area contributed by atoms with Crippen molar-refractivity contribution < 1.29 is 28.9 Å². The summed E-state index contributed by atoms with van der Waals surface area (Å²) in [6.45, 7) is 8.04. The zero-order valence-corrected chi connectivity index (χ0v) is 10.2. The maximum atomic E-state index is 5.04. The van der Waals surface area contributed by atoms with Crippen LogP contribution >= 0.6 is 0 Å². The van der Waals surface area contributed by atoms with Crippen molar-refractivity contribution >= 4 is 0 Å². The van der Waals surface area contributed by atoms with E-state index in [4.69, 9.17) is 4.74 Å². The van der Waals surface area contributed by atoms with Gasteiger partial charge in [-0.2, -0.15) is 0 Å². The summed E-state index contributed by atoms with van der Waals surface area (Å²) in [4.78, 5) is 0. The third-order valence-electron chi connectivity index (χ3n) is 1.97. The average molecular weight is 273 g/mol. The fraction of sp³-hybridized carbons (Fsp3) is 1.00. The first-order valence-corrected chi connectivity index (χ1v) is 6.62. The first kappa shape index (κ1) is 11.6. The maximum absolute atomic E-state index is 5.04. The van der Waals surface area contributed by atoms with Gasteiger partial charge in [-0.05, 0) is 0 Å². The van der Waals surface area contributed by atoms with Gasteiger partial charge in [0.15, 0.2) is 0 Å². The van der Waals surface area contributed by atoms with Crippen LogP contribution in [0.2, 0.25) is 0 Å². The van der Waals surface area contributed by atoms with Gasteiger partial charge < -0.3 is 0 Å². The number of methoxy groups -OCH3 is 1. The molecule has 11 heavy (non-hydrogen) atoms. The molecule has 0 fully saturated rings. The molecule has 0 amide bonds. The molecule has 0 aromatic rings.